The molecule has 2 unspecified atom stereocenters. The molecule has 0 amide bonds. The topological polar surface area (TPSA) is 67.6 Å². The minimum absolute atomic E-state index is 0.00916. The number of rotatable bonds is 5. The van der Waals surface area contributed by atoms with Crippen molar-refractivity contribution in [3.05, 3.63) is 53.2 Å². The Morgan fingerprint density at radius 3 is 2.53 bits per heavy atom. The summed E-state index contributed by atoms with van der Waals surface area (Å²) in [4.78, 5) is 13.9. The first kappa shape index (κ1) is 25.1. The number of carbonyl (C=O) groups is 1. The van der Waals surface area contributed by atoms with Crippen LogP contribution in [0.3, 0.4) is 0 Å². The molecule has 1 N–H and O–H groups in total. The van der Waals surface area contributed by atoms with Crippen molar-refractivity contribution in [2.75, 3.05) is 18.0 Å². The molecule has 9 heteroatoms. The Hall–Kier alpha value is -3.23. The van der Waals surface area contributed by atoms with E-state index in [9.17, 15) is 23.1 Å². The zero-order valence-electron chi connectivity index (χ0n) is 21.6. The van der Waals surface area contributed by atoms with Crippen LogP contribution >= 0.6 is 0 Å². The van der Waals surface area contributed by atoms with E-state index in [0.29, 0.717) is 24.5 Å². The van der Waals surface area contributed by atoms with Gasteiger partial charge in [0.25, 0.3) is 0 Å². The van der Waals surface area contributed by atoms with E-state index in [1.807, 2.05) is 6.07 Å². The van der Waals surface area contributed by atoms with Crippen LogP contribution < -0.4 is 9.64 Å². The summed E-state index contributed by atoms with van der Waals surface area (Å²) < 4.78 is 48.6. The Labute approximate surface area is 219 Å². The van der Waals surface area contributed by atoms with Crippen molar-refractivity contribution >= 4 is 22.6 Å². The molecule has 2 aromatic carbocycles. The van der Waals surface area contributed by atoms with Crippen molar-refractivity contribution in [2.24, 2.45) is 18.9 Å². The number of halogens is 3. The number of carboxylic acids is 1. The molecule has 38 heavy (non-hydrogen) atoms. The van der Waals surface area contributed by atoms with Crippen molar-refractivity contribution in [2.45, 2.75) is 63.1 Å². The van der Waals surface area contributed by atoms with Gasteiger partial charge >= 0.3 is 12.1 Å². The molecule has 3 aromatic rings. The lowest BCUT2D eigenvalue weighted by atomic mass is 9.80. The summed E-state index contributed by atoms with van der Waals surface area (Å²) in [5.41, 5.74) is 2.25. The highest BCUT2D eigenvalue weighted by Crippen LogP contribution is 2.49. The third kappa shape index (κ3) is 4.39. The minimum atomic E-state index is -4.51. The Morgan fingerprint density at radius 2 is 1.87 bits per heavy atom. The van der Waals surface area contributed by atoms with E-state index in [-0.39, 0.29) is 16.9 Å². The maximum atomic E-state index is 13.5. The fourth-order valence-electron chi connectivity index (χ4n) is 6.49. The van der Waals surface area contributed by atoms with Gasteiger partial charge in [-0.05, 0) is 72.9 Å². The molecule has 0 radical (unpaired) electrons. The molecular formula is C29H32F3N3O3. The van der Waals surface area contributed by atoms with Gasteiger partial charge in [0, 0.05) is 44.1 Å². The first-order valence-electron chi connectivity index (χ1n) is 13.4. The second-order valence-corrected chi connectivity index (χ2v) is 11.3. The average Bonchev–Trinajstić information content (AvgIpc) is 3.65. The molecular weight excluding hydrogens is 495 g/mol. The van der Waals surface area contributed by atoms with Crippen molar-refractivity contribution in [3.8, 4) is 5.75 Å². The zero-order valence-corrected chi connectivity index (χ0v) is 21.6. The summed E-state index contributed by atoms with van der Waals surface area (Å²) in [6.07, 6.45) is 0.952. The normalized spacial score (nSPS) is 20.7. The number of aromatic nitrogens is 2. The van der Waals surface area contributed by atoms with Gasteiger partial charge in [-0.25, -0.2) is 0 Å². The summed E-state index contributed by atoms with van der Waals surface area (Å²) in [7, 11) is 1.53. The Balaban J connectivity index is 1.20. The van der Waals surface area contributed by atoms with Gasteiger partial charge in [0.2, 0.25) is 0 Å². The van der Waals surface area contributed by atoms with Crippen molar-refractivity contribution in [1.82, 2.24) is 9.78 Å². The van der Waals surface area contributed by atoms with Crippen LogP contribution in [0, 0.1) is 11.8 Å². The van der Waals surface area contributed by atoms with Crippen LogP contribution in [0.4, 0.5) is 18.9 Å². The van der Waals surface area contributed by atoms with Gasteiger partial charge in [0.05, 0.1) is 11.4 Å². The Morgan fingerprint density at radius 1 is 1.13 bits per heavy atom. The monoisotopic (exact) mass is 527 g/mol. The van der Waals surface area contributed by atoms with Gasteiger partial charge in [-0.2, -0.15) is 18.3 Å². The fraction of sp³-hybridized carbons (Fsp3) is 0.517. The predicted octanol–water partition coefficient (Wildman–Crippen LogP) is 6.17. The Bertz CT molecular complexity index is 1390. The van der Waals surface area contributed by atoms with Crippen LogP contribution in [-0.2, 0) is 24.4 Å². The van der Waals surface area contributed by atoms with E-state index in [4.69, 9.17) is 4.74 Å². The second-order valence-electron chi connectivity index (χ2n) is 11.3. The minimum Gasteiger partial charge on any atom is -0.487 e. The summed E-state index contributed by atoms with van der Waals surface area (Å²) in [5.74, 6) is 0.0460. The highest BCUT2D eigenvalue weighted by molar-refractivity contribution is 5.86. The first-order valence-corrected chi connectivity index (χ1v) is 13.4. The summed E-state index contributed by atoms with van der Waals surface area (Å²) in [5, 5.41) is 13.5. The number of ether oxygens (including phenoxy) is 1. The van der Waals surface area contributed by atoms with Crippen LogP contribution in [0.15, 0.2) is 36.4 Å². The summed E-state index contributed by atoms with van der Waals surface area (Å²) >= 11 is 0. The lowest BCUT2D eigenvalue weighted by molar-refractivity contribution is -0.142. The number of piperidine rings is 1. The van der Waals surface area contributed by atoms with Crippen LogP contribution in [0.2, 0.25) is 0 Å². The van der Waals surface area contributed by atoms with Crippen molar-refractivity contribution in [1.29, 1.82) is 0 Å². The van der Waals surface area contributed by atoms with Gasteiger partial charge < -0.3 is 14.7 Å². The molecule has 2 aliphatic heterocycles. The fourth-order valence-corrected chi connectivity index (χ4v) is 6.49. The number of alkyl halides is 3. The molecule has 202 valence electrons. The third-order valence-electron chi connectivity index (χ3n) is 8.85. The molecule has 2 atom stereocenters. The third-order valence-corrected chi connectivity index (χ3v) is 8.85. The number of hydrogen-bond donors (Lipinski definition) is 1. The van der Waals surface area contributed by atoms with E-state index in [2.05, 4.69) is 28.2 Å². The molecule has 3 aliphatic rings. The van der Waals surface area contributed by atoms with Gasteiger partial charge in [-0.1, -0.05) is 19.1 Å². The first-order chi connectivity index (χ1) is 18.0. The SMILES string of the molecule is CC(C(=O)O)C(c1ccc2c(c1)OC1(CC2)CCN(c2ccc3c(c2)c(C(F)(F)F)nn3C)CC1)C1CC1. The second kappa shape index (κ2) is 8.92. The molecule has 1 saturated heterocycles. The van der Waals surface area contributed by atoms with Crippen LogP contribution in [0.1, 0.15) is 61.8 Å². The molecule has 6 nitrogen and oxygen atoms in total. The van der Waals surface area contributed by atoms with Crippen molar-refractivity contribution in [3.63, 3.8) is 0 Å². The number of nitrogens with zero attached hydrogens (tertiary/aromatic N) is 3. The zero-order chi connectivity index (χ0) is 26.8. The van der Waals surface area contributed by atoms with Gasteiger partial charge in [0.15, 0.2) is 5.69 Å². The number of aliphatic carboxylic acids is 1. The highest BCUT2D eigenvalue weighted by atomic mass is 19.4. The molecule has 6 rings (SSSR count). The molecule has 1 aromatic heterocycles. The van der Waals surface area contributed by atoms with Crippen LogP contribution in [0.25, 0.3) is 10.9 Å². The van der Waals surface area contributed by atoms with Crippen LogP contribution in [-0.4, -0.2) is 39.5 Å². The quantitative estimate of drug-likeness (QED) is 0.430. The Kier molecular flexibility index (Phi) is 5.88. The van der Waals surface area contributed by atoms with Gasteiger partial charge in [-0.15, -0.1) is 0 Å². The number of carboxylic acid groups (broad SMARTS) is 1. The molecule has 1 saturated carbocycles. The summed E-state index contributed by atoms with van der Waals surface area (Å²) in [6, 6.07) is 11.4. The van der Waals surface area contributed by atoms with Gasteiger partial charge in [0.1, 0.15) is 11.4 Å². The number of aryl methyl sites for hydroxylation is 2. The number of hydrogen-bond acceptors (Lipinski definition) is 4. The number of fused-ring (bicyclic) bond motifs is 2. The maximum absolute atomic E-state index is 13.5. The van der Waals surface area contributed by atoms with E-state index >= 15 is 0 Å². The molecule has 1 aliphatic carbocycles. The lowest BCUT2D eigenvalue weighted by Crippen LogP contribution is -2.49. The van der Waals surface area contributed by atoms with Gasteiger partial charge in [-0.3, -0.25) is 9.48 Å². The number of benzene rings is 2. The molecule has 2 fully saturated rings. The number of anilines is 1. The highest BCUT2D eigenvalue weighted by Gasteiger charge is 2.42. The van der Waals surface area contributed by atoms with E-state index in [1.165, 1.54) is 11.7 Å². The standard InChI is InChI=1S/C29H32F3N3O3/c1-17(27(36)37)25(19-4-5-19)20-6-3-18-9-10-28(38-24(18)15-20)11-13-35(14-12-28)21-7-8-23-22(16-21)26(29(30,31)32)33-34(23)2/h3,6-8,15-17,19,25H,4-5,9-14H2,1-2H3,(H,36,37). The summed E-state index contributed by atoms with van der Waals surface area (Å²) in [6.45, 7) is 3.16. The largest absolute Gasteiger partial charge is 0.487 e. The maximum Gasteiger partial charge on any atom is 0.435 e. The van der Waals surface area contributed by atoms with E-state index in [0.717, 1.165) is 61.1 Å². The molecule has 1 spiro atoms. The van der Waals surface area contributed by atoms with Crippen LogP contribution in [0.5, 0.6) is 5.75 Å². The van der Waals surface area contributed by atoms with E-state index in [1.54, 1.807) is 19.1 Å². The van der Waals surface area contributed by atoms with Crippen molar-refractivity contribution < 1.29 is 27.8 Å². The predicted molar refractivity (Wildman–Crippen MR) is 138 cm³/mol. The van der Waals surface area contributed by atoms with E-state index < -0.39 is 23.8 Å². The molecule has 3 heterocycles. The molecule has 0 bridgehead atoms. The lowest BCUT2D eigenvalue weighted by Gasteiger charge is -2.45. The average molecular weight is 528 g/mol. The smallest absolute Gasteiger partial charge is 0.435 e.